The van der Waals surface area contributed by atoms with Gasteiger partial charge in [0.05, 0.1) is 0 Å². The molecule has 3 aliphatic rings. The van der Waals surface area contributed by atoms with Crippen LogP contribution in [-0.4, -0.2) is 0 Å². The quantitative estimate of drug-likeness (QED) is 0.177. The highest BCUT2D eigenvalue weighted by atomic mass is 32.1. The molecule has 0 N–H and O–H groups in total. The highest BCUT2D eigenvalue weighted by Gasteiger charge is 2.53. The molecule has 2 spiro atoms. The molecule has 0 amide bonds. The van der Waals surface area contributed by atoms with Crippen LogP contribution in [-0.2, 0) is 10.8 Å². The summed E-state index contributed by atoms with van der Waals surface area (Å²) < 4.78 is 2.65. The average molecular weight is 708 g/mol. The molecule has 12 rings (SSSR count). The molecule has 8 aromatic carbocycles. The summed E-state index contributed by atoms with van der Waals surface area (Å²) in [5.74, 6) is 0. The molecule has 256 valence electrons. The lowest BCUT2D eigenvalue weighted by atomic mass is 9.57. The summed E-state index contributed by atoms with van der Waals surface area (Å²) >= 11 is 1.89. The zero-order valence-corrected chi connectivity index (χ0v) is 30.7. The number of thiophene rings is 1. The number of rotatable bonds is 3. The number of hydrogen-bond acceptors (Lipinski definition) is 2. The van der Waals surface area contributed by atoms with Crippen molar-refractivity contribution in [1.29, 1.82) is 0 Å². The number of fused-ring (bicyclic) bond motifs is 14. The van der Waals surface area contributed by atoms with Gasteiger partial charge in [-0.25, -0.2) is 0 Å². The lowest BCUT2D eigenvalue weighted by Crippen LogP contribution is -2.39. The minimum absolute atomic E-state index is 0.0375. The summed E-state index contributed by atoms with van der Waals surface area (Å²) in [6, 6.07) is 66.6. The zero-order chi connectivity index (χ0) is 35.4. The molecule has 1 nitrogen and oxygen atoms in total. The van der Waals surface area contributed by atoms with Crippen LogP contribution in [0.5, 0.6) is 0 Å². The number of anilines is 3. The molecule has 0 unspecified atom stereocenters. The highest BCUT2D eigenvalue weighted by molar-refractivity contribution is 7.25. The summed E-state index contributed by atoms with van der Waals surface area (Å²) in [5.41, 5.74) is 15.3. The monoisotopic (exact) mass is 707 g/mol. The summed E-state index contributed by atoms with van der Waals surface area (Å²) in [6.07, 6.45) is 4.51. The van der Waals surface area contributed by atoms with Crippen LogP contribution in [0.4, 0.5) is 17.1 Å². The van der Waals surface area contributed by atoms with Gasteiger partial charge in [0.15, 0.2) is 0 Å². The van der Waals surface area contributed by atoms with Gasteiger partial charge < -0.3 is 4.90 Å². The first-order chi connectivity index (χ1) is 26.7. The third-order valence-electron chi connectivity index (χ3n) is 13.3. The molecule has 1 aromatic heterocycles. The van der Waals surface area contributed by atoms with E-state index in [1.807, 2.05) is 11.3 Å². The molecule has 0 bridgehead atoms. The van der Waals surface area contributed by atoms with E-state index in [1.54, 1.807) is 0 Å². The fourth-order valence-electron chi connectivity index (χ4n) is 10.8. The second-order valence-corrected chi connectivity index (χ2v) is 16.8. The molecule has 1 fully saturated rings. The highest BCUT2D eigenvalue weighted by Crippen LogP contribution is 2.64. The third kappa shape index (κ3) is 4.15. The van der Waals surface area contributed by atoms with E-state index in [1.165, 1.54) is 92.5 Å². The van der Waals surface area contributed by atoms with Crippen LogP contribution in [0.25, 0.3) is 53.2 Å². The van der Waals surface area contributed by atoms with Crippen molar-refractivity contribution >= 4 is 59.3 Å². The van der Waals surface area contributed by atoms with Gasteiger partial charge in [0.2, 0.25) is 0 Å². The lowest BCUT2D eigenvalue weighted by Gasteiger charge is -2.45. The number of nitrogens with zero attached hydrogens (tertiary/aromatic N) is 1. The topological polar surface area (TPSA) is 3.24 Å². The number of hydrogen-bond donors (Lipinski definition) is 0. The van der Waals surface area contributed by atoms with Crippen LogP contribution in [0, 0.1) is 0 Å². The average Bonchev–Trinajstić information content (AvgIpc) is 3.83. The Balaban J connectivity index is 1.03. The number of benzene rings is 8. The van der Waals surface area contributed by atoms with Gasteiger partial charge in [0.25, 0.3) is 0 Å². The van der Waals surface area contributed by atoms with Crippen molar-refractivity contribution in [2.24, 2.45) is 0 Å². The molecule has 0 aliphatic heterocycles. The second-order valence-electron chi connectivity index (χ2n) is 15.7. The summed E-state index contributed by atoms with van der Waals surface area (Å²) in [6.45, 7) is 0. The van der Waals surface area contributed by atoms with Gasteiger partial charge >= 0.3 is 0 Å². The Bertz CT molecular complexity index is 2930. The van der Waals surface area contributed by atoms with Gasteiger partial charge in [-0.2, -0.15) is 0 Å². The lowest BCUT2D eigenvalue weighted by molar-refractivity contribution is 0.265. The van der Waals surface area contributed by atoms with Gasteiger partial charge in [0, 0.05) is 48.1 Å². The Kier molecular flexibility index (Phi) is 6.37. The van der Waals surface area contributed by atoms with Gasteiger partial charge in [-0.05, 0) is 123 Å². The predicted octanol–water partition coefficient (Wildman–Crippen LogP) is 14.5. The van der Waals surface area contributed by atoms with Crippen LogP contribution in [0.2, 0.25) is 0 Å². The predicted molar refractivity (Wildman–Crippen MR) is 229 cm³/mol. The summed E-state index contributed by atoms with van der Waals surface area (Å²) in [4.78, 5) is 2.50. The van der Waals surface area contributed by atoms with Gasteiger partial charge in [-0.3, -0.25) is 0 Å². The Morgan fingerprint density at radius 3 is 1.54 bits per heavy atom. The van der Waals surface area contributed by atoms with E-state index in [-0.39, 0.29) is 10.8 Å². The van der Waals surface area contributed by atoms with E-state index in [2.05, 4.69) is 181 Å². The van der Waals surface area contributed by atoms with Gasteiger partial charge in [0.1, 0.15) is 0 Å². The minimum Gasteiger partial charge on any atom is -0.310 e. The maximum Gasteiger partial charge on any atom is 0.0476 e. The van der Waals surface area contributed by atoms with E-state index < -0.39 is 0 Å². The first-order valence-corrected chi connectivity index (χ1v) is 20.2. The van der Waals surface area contributed by atoms with Crippen molar-refractivity contribution in [3.63, 3.8) is 0 Å². The molecule has 3 aliphatic carbocycles. The Hall–Kier alpha value is -5.96. The molecule has 0 saturated heterocycles. The van der Waals surface area contributed by atoms with E-state index >= 15 is 0 Å². The first-order valence-electron chi connectivity index (χ1n) is 19.3. The third-order valence-corrected chi connectivity index (χ3v) is 14.4. The van der Waals surface area contributed by atoms with E-state index in [9.17, 15) is 0 Å². The Morgan fingerprint density at radius 1 is 0.352 bits per heavy atom. The van der Waals surface area contributed by atoms with E-state index in [4.69, 9.17) is 0 Å². The molecule has 0 radical (unpaired) electrons. The van der Waals surface area contributed by atoms with Gasteiger partial charge in [-0.15, -0.1) is 11.3 Å². The minimum atomic E-state index is -0.0375. The normalized spacial score (nSPS) is 15.8. The Labute approximate surface area is 319 Å². The molecule has 9 aromatic rings. The maximum atomic E-state index is 2.56. The fourth-order valence-corrected chi connectivity index (χ4v) is 11.9. The van der Waals surface area contributed by atoms with Crippen LogP contribution < -0.4 is 4.90 Å². The fraction of sp³-hybridized carbons (Fsp3) is 0.115. The first kappa shape index (κ1) is 30.5. The summed E-state index contributed by atoms with van der Waals surface area (Å²) in [7, 11) is 0. The molecule has 0 atom stereocenters. The standard InChI is InChI=1S/C52H37NS/c1-2-12-35-31-36(22-21-34(35)11-1)53(38-24-26-44-43-16-6-10-20-49(43)54-50(44)33-38)37-23-25-42-41-15-5-9-19-47(41)52(48(42)32-37)29-27-51(28-30-52)45-17-7-3-13-39(45)40-14-4-8-18-46(40)51/h1-26,31-33H,27-30H2. The molecule has 54 heavy (non-hydrogen) atoms. The van der Waals surface area contributed by atoms with Crippen molar-refractivity contribution in [1.82, 2.24) is 0 Å². The van der Waals surface area contributed by atoms with Crippen LogP contribution in [0.3, 0.4) is 0 Å². The SMILES string of the molecule is c1ccc2c(c1)-c1ccccc1C21CCC2(CC1)c1ccccc1-c1ccc(N(c3ccc4ccccc4c3)c3ccc4c(c3)sc3ccccc34)cc12. The Morgan fingerprint density at radius 2 is 0.833 bits per heavy atom. The largest absolute Gasteiger partial charge is 0.310 e. The van der Waals surface area contributed by atoms with Crippen molar-refractivity contribution in [3.8, 4) is 22.3 Å². The maximum absolute atomic E-state index is 2.56. The van der Waals surface area contributed by atoms with Gasteiger partial charge in [-0.1, -0.05) is 133 Å². The van der Waals surface area contributed by atoms with Crippen molar-refractivity contribution in [3.05, 3.63) is 198 Å². The van der Waals surface area contributed by atoms with Crippen molar-refractivity contribution in [2.45, 2.75) is 36.5 Å². The molecular weight excluding hydrogens is 671 g/mol. The van der Waals surface area contributed by atoms with Crippen molar-refractivity contribution < 1.29 is 0 Å². The summed E-state index contributed by atoms with van der Waals surface area (Å²) in [5, 5.41) is 5.17. The second kappa shape index (κ2) is 11.3. The molecule has 2 heteroatoms. The molecule has 1 heterocycles. The molecule has 1 saturated carbocycles. The smallest absolute Gasteiger partial charge is 0.0476 e. The molecular formula is C52H37NS. The van der Waals surface area contributed by atoms with E-state index in [0.29, 0.717) is 0 Å². The van der Waals surface area contributed by atoms with Crippen LogP contribution >= 0.6 is 11.3 Å². The van der Waals surface area contributed by atoms with Crippen LogP contribution in [0.15, 0.2) is 176 Å². The van der Waals surface area contributed by atoms with Crippen LogP contribution in [0.1, 0.15) is 47.9 Å². The zero-order valence-electron chi connectivity index (χ0n) is 29.9. The van der Waals surface area contributed by atoms with Crippen molar-refractivity contribution in [2.75, 3.05) is 4.90 Å². The van der Waals surface area contributed by atoms with E-state index in [0.717, 1.165) is 25.7 Å².